The number of fused-ring (bicyclic) bond motifs is 1. The molecule has 8 heteroatoms. The third-order valence-electron chi connectivity index (χ3n) is 3.37. The van der Waals surface area contributed by atoms with E-state index in [1.54, 1.807) is 18.2 Å². The van der Waals surface area contributed by atoms with E-state index in [9.17, 15) is 19.2 Å². The van der Waals surface area contributed by atoms with Crippen LogP contribution in [0.5, 0.6) is 0 Å². The first-order valence-corrected chi connectivity index (χ1v) is 7.83. The van der Waals surface area contributed by atoms with Crippen molar-refractivity contribution in [2.45, 2.75) is 19.3 Å². The number of benzene rings is 1. The smallest absolute Gasteiger partial charge is 0.303 e. The van der Waals surface area contributed by atoms with E-state index in [4.69, 9.17) is 5.11 Å². The molecule has 0 saturated heterocycles. The second kappa shape index (κ2) is 7.36. The maximum Gasteiger partial charge on any atom is 0.303 e. The van der Waals surface area contributed by atoms with Gasteiger partial charge in [0.1, 0.15) is 6.54 Å². The lowest BCUT2D eigenvalue weighted by molar-refractivity contribution is -0.137. The summed E-state index contributed by atoms with van der Waals surface area (Å²) in [5.74, 6) is -2.31. The number of halogens is 1. The number of aliphatic carboxylic acids is 1. The van der Waals surface area contributed by atoms with Crippen LogP contribution < -0.4 is 5.32 Å². The summed E-state index contributed by atoms with van der Waals surface area (Å²) in [5, 5.41) is 11.1. The van der Waals surface area contributed by atoms with Gasteiger partial charge in [0.15, 0.2) is 0 Å². The molecule has 1 aromatic carbocycles. The minimum absolute atomic E-state index is 0.0448. The summed E-state index contributed by atoms with van der Waals surface area (Å²) >= 11 is 3.24. The minimum Gasteiger partial charge on any atom is -0.481 e. The molecule has 2 N–H and O–H groups in total. The SMILES string of the molecule is O=C(O)CCCCNC(=O)CN1C(=O)c2ccc(Br)cc2C1=O. The molecule has 0 unspecified atom stereocenters. The summed E-state index contributed by atoms with van der Waals surface area (Å²) in [6.45, 7) is -0.0380. The fraction of sp³-hybridized carbons (Fsp3) is 0.333. The molecule has 0 radical (unpaired) electrons. The number of amides is 3. The lowest BCUT2D eigenvalue weighted by atomic mass is 10.1. The molecule has 0 aliphatic carbocycles. The van der Waals surface area contributed by atoms with Crippen LogP contribution in [0.1, 0.15) is 40.0 Å². The molecular weight excluding hydrogens is 368 g/mol. The van der Waals surface area contributed by atoms with E-state index in [2.05, 4.69) is 21.2 Å². The van der Waals surface area contributed by atoms with Crippen molar-refractivity contribution in [2.24, 2.45) is 0 Å². The van der Waals surface area contributed by atoms with Crippen LogP contribution >= 0.6 is 15.9 Å². The van der Waals surface area contributed by atoms with E-state index >= 15 is 0 Å². The lowest BCUT2D eigenvalue weighted by Gasteiger charge is -2.13. The summed E-state index contributed by atoms with van der Waals surface area (Å²) in [5.41, 5.74) is 0.561. The zero-order valence-electron chi connectivity index (χ0n) is 12.2. The number of nitrogens with one attached hydrogen (secondary N) is 1. The average molecular weight is 383 g/mol. The van der Waals surface area contributed by atoms with Crippen LogP contribution in [0.3, 0.4) is 0 Å². The summed E-state index contributed by atoms with van der Waals surface area (Å²) in [6, 6.07) is 4.76. The third-order valence-corrected chi connectivity index (χ3v) is 3.87. The normalized spacial score (nSPS) is 13.2. The summed E-state index contributed by atoms with van der Waals surface area (Å²) < 4.78 is 0.683. The predicted molar refractivity (Wildman–Crippen MR) is 84.0 cm³/mol. The molecule has 1 heterocycles. The number of hydrogen-bond donors (Lipinski definition) is 2. The molecule has 0 saturated carbocycles. The molecule has 7 nitrogen and oxygen atoms in total. The fourth-order valence-corrected chi connectivity index (χ4v) is 2.60. The van der Waals surface area contributed by atoms with Crippen molar-refractivity contribution in [1.29, 1.82) is 0 Å². The first-order chi connectivity index (χ1) is 10.9. The molecule has 1 aromatic rings. The third kappa shape index (κ3) is 4.16. The molecule has 1 aliphatic rings. The fourth-order valence-electron chi connectivity index (χ4n) is 2.24. The van der Waals surface area contributed by atoms with Crippen LogP contribution in [0.25, 0.3) is 0 Å². The quantitative estimate of drug-likeness (QED) is 0.548. The average Bonchev–Trinajstić information content (AvgIpc) is 2.71. The van der Waals surface area contributed by atoms with Crippen molar-refractivity contribution in [2.75, 3.05) is 13.1 Å². The van der Waals surface area contributed by atoms with Gasteiger partial charge in [0.25, 0.3) is 11.8 Å². The van der Waals surface area contributed by atoms with Gasteiger partial charge in [0.05, 0.1) is 11.1 Å². The highest BCUT2D eigenvalue weighted by atomic mass is 79.9. The van der Waals surface area contributed by atoms with Crippen molar-refractivity contribution in [3.63, 3.8) is 0 Å². The Morgan fingerprint density at radius 3 is 2.52 bits per heavy atom. The van der Waals surface area contributed by atoms with Crippen molar-refractivity contribution < 1.29 is 24.3 Å². The van der Waals surface area contributed by atoms with Crippen molar-refractivity contribution in [3.8, 4) is 0 Å². The van der Waals surface area contributed by atoms with Gasteiger partial charge in [-0.15, -0.1) is 0 Å². The molecule has 0 aromatic heterocycles. The molecule has 0 fully saturated rings. The Hall–Kier alpha value is -2.22. The van der Waals surface area contributed by atoms with E-state index in [-0.39, 0.29) is 24.1 Å². The molecular formula is C15H15BrN2O5. The van der Waals surface area contributed by atoms with Gasteiger partial charge in [-0.1, -0.05) is 15.9 Å². The van der Waals surface area contributed by atoms with E-state index in [1.807, 2.05) is 0 Å². The number of nitrogens with zero attached hydrogens (tertiary/aromatic N) is 1. The zero-order chi connectivity index (χ0) is 17.0. The second-order valence-corrected chi connectivity index (χ2v) is 6.00. The molecule has 0 spiro atoms. The Bertz CT molecular complexity index is 674. The van der Waals surface area contributed by atoms with Crippen LogP contribution in [0.15, 0.2) is 22.7 Å². The van der Waals surface area contributed by atoms with Gasteiger partial charge in [0.2, 0.25) is 5.91 Å². The van der Waals surface area contributed by atoms with Gasteiger partial charge in [-0.05, 0) is 31.0 Å². The highest BCUT2D eigenvalue weighted by Crippen LogP contribution is 2.25. The number of unbranched alkanes of at least 4 members (excludes halogenated alkanes) is 1. The standard InChI is InChI=1S/C15H15BrN2O5/c16-9-4-5-10-11(7-9)15(23)18(14(10)22)8-12(19)17-6-2-1-3-13(20)21/h4-5,7H,1-3,6,8H2,(H,17,19)(H,20,21). The van der Waals surface area contributed by atoms with Crippen molar-refractivity contribution in [3.05, 3.63) is 33.8 Å². The van der Waals surface area contributed by atoms with E-state index in [0.717, 1.165) is 4.90 Å². The van der Waals surface area contributed by atoms with E-state index in [0.29, 0.717) is 23.9 Å². The minimum atomic E-state index is -0.881. The van der Waals surface area contributed by atoms with Gasteiger partial charge in [-0.2, -0.15) is 0 Å². The first-order valence-electron chi connectivity index (χ1n) is 7.04. The van der Waals surface area contributed by atoms with Crippen LogP contribution in [0.2, 0.25) is 0 Å². The summed E-state index contributed by atoms with van der Waals surface area (Å²) in [4.78, 5) is 47.4. The van der Waals surface area contributed by atoms with Crippen LogP contribution in [-0.4, -0.2) is 46.8 Å². The number of carboxylic acid groups (broad SMARTS) is 1. The monoisotopic (exact) mass is 382 g/mol. The molecule has 122 valence electrons. The van der Waals surface area contributed by atoms with Gasteiger partial charge < -0.3 is 10.4 Å². The highest BCUT2D eigenvalue weighted by molar-refractivity contribution is 9.10. The number of carboxylic acids is 1. The maximum atomic E-state index is 12.2. The van der Waals surface area contributed by atoms with Gasteiger partial charge >= 0.3 is 5.97 Å². The Morgan fingerprint density at radius 2 is 1.83 bits per heavy atom. The van der Waals surface area contributed by atoms with Crippen LogP contribution in [0.4, 0.5) is 0 Å². The number of imide groups is 1. The molecule has 0 bridgehead atoms. The van der Waals surface area contributed by atoms with Crippen molar-refractivity contribution >= 4 is 39.6 Å². The Kier molecular flexibility index (Phi) is 5.49. The summed E-state index contributed by atoms with van der Waals surface area (Å²) in [7, 11) is 0. The largest absolute Gasteiger partial charge is 0.481 e. The molecule has 1 aliphatic heterocycles. The predicted octanol–water partition coefficient (Wildman–Crippen LogP) is 1.42. The first kappa shape index (κ1) is 17.1. The molecule has 23 heavy (non-hydrogen) atoms. The maximum absolute atomic E-state index is 12.2. The lowest BCUT2D eigenvalue weighted by Crippen LogP contribution is -2.40. The van der Waals surface area contributed by atoms with E-state index < -0.39 is 23.7 Å². The number of carbonyl (C=O) groups excluding carboxylic acids is 3. The molecule has 0 atom stereocenters. The summed E-state index contributed by atoms with van der Waals surface area (Å²) in [6.07, 6.45) is 1.02. The number of hydrogen-bond acceptors (Lipinski definition) is 4. The Balaban J connectivity index is 1.87. The Labute approximate surface area is 140 Å². The number of carbonyl (C=O) groups is 4. The van der Waals surface area contributed by atoms with Crippen LogP contribution in [0, 0.1) is 0 Å². The highest BCUT2D eigenvalue weighted by Gasteiger charge is 2.36. The topological polar surface area (TPSA) is 104 Å². The van der Waals surface area contributed by atoms with Crippen LogP contribution in [-0.2, 0) is 9.59 Å². The van der Waals surface area contributed by atoms with Gasteiger partial charge in [-0.3, -0.25) is 24.1 Å². The van der Waals surface area contributed by atoms with Crippen molar-refractivity contribution in [1.82, 2.24) is 10.2 Å². The van der Waals surface area contributed by atoms with E-state index in [1.165, 1.54) is 0 Å². The second-order valence-electron chi connectivity index (χ2n) is 5.09. The van der Waals surface area contributed by atoms with Gasteiger partial charge in [-0.25, -0.2) is 0 Å². The zero-order valence-corrected chi connectivity index (χ0v) is 13.8. The molecule has 2 rings (SSSR count). The van der Waals surface area contributed by atoms with Gasteiger partial charge in [0, 0.05) is 17.4 Å². The molecule has 3 amide bonds. The number of rotatable bonds is 7. The Morgan fingerprint density at radius 1 is 1.13 bits per heavy atom.